The molecule has 4 rings (SSSR count). The van der Waals surface area contributed by atoms with E-state index in [1.54, 1.807) is 0 Å². The molecule has 0 bridgehead atoms. The van der Waals surface area contributed by atoms with Crippen LogP contribution in [0.25, 0.3) is 21.8 Å². The molecule has 1 aromatic heterocycles. The molecule has 0 amide bonds. The Morgan fingerprint density at radius 3 is 2.45 bits per heavy atom. The van der Waals surface area contributed by atoms with Gasteiger partial charge in [0.05, 0.1) is 5.52 Å². The van der Waals surface area contributed by atoms with Crippen molar-refractivity contribution in [3.63, 3.8) is 0 Å². The maximum atomic E-state index is 10.5. The topological polar surface area (TPSA) is 46.9 Å². The van der Waals surface area contributed by atoms with Gasteiger partial charge in [-0.3, -0.25) is 0 Å². The number of likely N-dealkylation sites (N-methyl/N-ethyl adjacent to an activating group) is 1. The summed E-state index contributed by atoms with van der Waals surface area (Å²) < 4.78 is 14.1. The van der Waals surface area contributed by atoms with Crippen LogP contribution in [0.2, 0.25) is 0 Å². The molecule has 0 radical (unpaired) electrons. The van der Waals surface area contributed by atoms with E-state index < -0.39 is 6.10 Å². The fraction of sp³-hybridized carbons (Fsp3) is 0.308. The fourth-order valence-corrected chi connectivity index (χ4v) is 4.02. The summed E-state index contributed by atoms with van der Waals surface area (Å²) in [6, 6.07) is 22.4. The monoisotopic (exact) mass is 418 g/mol. The van der Waals surface area contributed by atoms with Gasteiger partial charge in [-0.2, -0.15) is 0 Å². The zero-order valence-corrected chi connectivity index (χ0v) is 18.4. The molecule has 4 aromatic rings. The third-order valence-corrected chi connectivity index (χ3v) is 5.68. The fourth-order valence-electron chi connectivity index (χ4n) is 4.02. The molecular weight excluding hydrogens is 388 g/mol. The van der Waals surface area contributed by atoms with Crippen LogP contribution in [0.15, 0.2) is 66.7 Å². The number of aliphatic hydroxyl groups is 1. The van der Waals surface area contributed by atoms with Crippen molar-refractivity contribution >= 4 is 21.8 Å². The van der Waals surface area contributed by atoms with E-state index in [9.17, 15) is 5.11 Å². The first-order chi connectivity index (χ1) is 15.0. The first-order valence-electron chi connectivity index (χ1n) is 10.7. The number of aliphatic hydroxyl groups excluding tert-OH is 1. The predicted molar refractivity (Wildman–Crippen MR) is 126 cm³/mol. The quantitative estimate of drug-likeness (QED) is 0.438. The smallest absolute Gasteiger partial charge is 0.129 e. The van der Waals surface area contributed by atoms with Crippen LogP contribution in [0.5, 0.6) is 11.5 Å². The normalized spacial score (nSPS) is 12.5. The lowest BCUT2D eigenvalue weighted by molar-refractivity contribution is 0.0728. The first-order valence-corrected chi connectivity index (χ1v) is 10.7. The molecule has 1 N–H and O–H groups in total. The van der Waals surface area contributed by atoms with E-state index >= 15 is 0 Å². The summed E-state index contributed by atoms with van der Waals surface area (Å²) in [6.45, 7) is 4.10. The second-order valence-electron chi connectivity index (χ2n) is 8.07. The number of hydrogen-bond acceptors (Lipinski definition) is 4. The highest BCUT2D eigenvalue weighted by molar-refractivity contribution is 6.11. The predicted octanol–water partition coefficient (Wildman–Crippen LogP) is 4.39. The van der Waals surface area contributed by atoms with Gasteiger partial charge in [-0.25, -0.2) is 0 Å². The van der Waals surface area contributed by atoms with Crippen LogP contribution in [0, 0.1) is 6.92 Å². The van der Waals surface area contributed by atoms with Gasteiger partial charge < -0.3 is 24.0 Å². The molecule has 3 aromatic carbocycles. The summed E-state index contributed by atoms with van der Waals surface area (Å²) in [5, 5.41) is 12.8. The van der Waals surface area contributed by atoms with Crippen LogP contribution in [-0.2, 0) is 7.05 Å². The largest absolute Gasteiger partial charge is 0.492 e. The van der Waals surface area contributed by atoms with Crippen molar-refractivity contribution in [3.05, 3.63) is 72.3 Å². The number of para-hydroxylation sites is 2. The van der Waals surface area contributed by atoms with Crippen LogP contribution in [-0.4, -0.2) is 54.0 Å². The number of hydrogen-bond donors (Lipinski definition) is 1. The van der Waals surface area contributed by atoms with Gasteiger partial charge >= 0.3 is 0 Å². The number of aromatic nitrogens is 1. The summed E-state index contributed by atoms with van der Waals surface area (Å²) in [4.78, 5) is 2.06. The lowest BCUT2D eigenvalue weighted by Crippen LogP contribution is -2.35. The number of aryl methyl sites for hydroxylation is 2. The Hall–Kier alpha value is -3.02. The van der Waals surface area contributed by atoms with Crippen molar-refractivity contribution in [1.82, 2.24) is 9.47 Å². The highest BCUT2D eigenvalue weighted by Gasteiger charge is 2.14. The molecule has 0 aliphatic carbocycles. The average Bonchev–Trinajstić information content (AvgIpc) is 3.07. The molecule has 1 heterocycles. The Morgan fingerprint density at radius 2 is 1.61 bits per heavy atom. The molecular formula is C26H30N2O3. The minimum Gasteiger partial charge on any atom is -0.492 e. The highest BCUT2D eigenvalue weighted by atomic mass is 16.5. The first kappa shape index (κ1) is 21.2. The summed E-state index contributed by atoms with van der Waals surface area (Å²) in [7, 11) is 4.05. The number of fused-ring (bicyclic) bond motifs is 3. The van der Waals surface area contributed by atoms with Gasteiger partial charge in [-0.15, -0.1) is 0 Å². The Labute approximate surface area is 183 Å². The number of benzene rings is 3. The van der Waals surface area contributed by atoms with Crippen molar-refractivity contribution in [1.29, 1.82) is 0 Å². The molecule has 5 nitrogen and oxygen atoms in total. The van der Waals surface area contributed by atoms with Gasteiger partial charge in [0.15, 0.2) is 0 Å². The molecule has 0 fully saturated rings. The zero-order valence-electron chi connectivity index (χ0n) is 18.4. The lowest BCUT2D eigenvalue weighted by Gasteiger charge is -2.21. The van der Waals surface area contributed by atoms with Gasteiger partial charge in [0.25, 0.3) is 0 Å². The summed E-state index contributed by atoms with van der Waals surface area (Å²) in [6.07, 6.45) is -0.589. The minimum absolute atomic E-state index is 0.241. The molecule has 5 heteroatoms. The van der Waals surface area contributed by atoms with Crippen LogP contribution in [0.1, 0.15) is 5.56 Å². The second-order valence-corrected chi connectivity index (χ2v) is 8.07. The zero-order chi connectivity index (χ0) is 21.8. The number of ether oxygens (including phenoxy) is 2. The van der Waals surface area contributed by atoms with E-state index in [-0.39, 0.29) is 6.61 Å². The SMILES string of the molecule is Cc1ccccc1OCCN(C)CC(O)COc1cccc2c1c1ccccc1n2C. The molecule has 1 atom stereocenters. The van der Waals surface area contributed by atoms with E-state index in [0.717, 1.165) is 39.9 Å². The van der Waals surface area contributed by atoms with E-state index in [0.29, 0.717) is 13.2 Å². The Kier molecular flexibility index (Phi) is 6.44. The third-order valence-electron chi connectivity index (χ3n) is 5.68. The van der Waals surface area contributed by atoms with E-state index in [1.807, 2.05) is 62.5 Å². The summed E-state index contributed by atoms with van der Waals surface area (Å²) in [5.41, 5.74) is 3.42. The molecule has 162 valence electrons. The Morgan fingerprint density at radius 1 is 0.903 bits per heavy atom. The van der Waals surface area contributed by atoms with E-state index in [1.165, 1.54) is 5.52 Å². The molecule has 0 saturated carbocycles. The van der Waals surface area contributed by atoms with Crippen LogP contribution in [0.3, 0.4) is 0 Å². The van der Waals surface area contributed by atoms with Crippen molar-refractivity contribution < 1.29 is 14.6 Å². The summed E-state index contributed by atoms with van der Waals surface area (Å²) in [5.74, 6) is 1.71. The van der Waals surface area contributed by atoms with Gasteiger partial charge in [0.1, 0.15) is 30.8 Å². The average molecular weight is 419 g/mol. The third kappa shape index (κ3) is 4.68. The van der Waals surface area contributed by atoms with Crippen LogP contribution in [0.4, 0.5) is 0 Å². The summed E-state index contributed by atoms with van der Waals surface area (Å²) >= 11 is 0. The van der Waals surface area contributed by atoms with Crippen molar-refractivity contribution in [2.45, 2.75) is 13.0 Å². The maximum absolute atomic E-state index is 10.5. The van der Waals surface area contributed by atoms with Crippen molar-refractivity contribution in [3.8, 4) is 11.5 Å². The molecule has 0 aliphatic rings. The van der Waals surface area contributed by atoms with Gasteiger partial charge in [0, 0.05) is 36.4 Å². The molecule has 0 saturated heterocycles. The Bertz CT molecular complexity index is 1170. The van der Waals surface area contributed by atoms with E-state index in [2.05, 4.69) is 34.7 Å². The highest BCUT2D eigenvalue weighted by Crippen LogP contribution is 2.34. The minimum atomic E-state index is -0.589. The number of rotatable bonds is 9. The van der Waals surface area contributed by atoms with Crippen molar-refractivity contribution in [2.24, 2.45) is 7.05 Å². The van der Waals surface area contributed by atoms with Gasteiger partial charge in [-0.05, 0) is 43.8 Å². The van der Waals surface area contributed by atoms with Gasteiger partial charge in [0.2, 0.25) is 0 Å². The van der Waals surface area contributed by atoms with E-state index in [4.69, 9.17) is 9.47 Å². The van der Waals surface area contributed by atoms with Crippen molar-refractivity contribution in [2.75, 3.05) is 33.4 Å². The second kappa shape index (κ2) is 9.41. The standard InChI is InChI=1S/C26H30N2O3/c1-19-9-4-7-13-24(19)30-16-15-27(2)17-20(29)18-31-25-14-8-12-23-26(25)21-10-5-6-11-22(21)28(23)3/h4-14,20,29H,15-18H2,1-3H3. The number of nitrogens with zero attached hydrogens (tertiary/aromatic N) is 2. The Balaban J connectivity index is 1.33. The molecule has 0 spiro atoms. The molecule has 1 unspecified atom stereocenters. The molecule has 0 aliphatic heterocycles. The van der Waals surface area contributed by atoms with Gasteiger partial charge in [-0.1, -0.05) is 42.5 Å². The van der Waals surface area contributed by atoms with Crippen LogP contribution >= 0.6 is 0 Å². The maximum Gasteiger partial charge on any atom is 0.129 e. The molecule has 31 heavy (non-hydrogen) atoms. The lowest BCUT2D eigenvalue weighted by atomic mass is 10.1. The van der Waals surface area contributed by atoms with Crippen LogP contribution < -0.4 is 9.47 Å².